The van der Waals surface area contributed by atoms with E-state index < -0.39 is 5.78 Å². The minimum atomic E-state index is -0.556. The Morgan fingerprint density at radius 2 is 1.68 bits per heavy atom. The number of benzene rings is 2. The molecule has 0 amide bonds. The summed E-state index contributed by atoms with van der Waals surface area (Å²) >= 11 is 5.85. The molecule has 0 atom stereocenters. The van der Waals surface area contributed by atoms with E-state index in [0.717, 1.165) is 6.07 Å². The number of Topliss-reactive ketones (excluding diaryl/α,β-unsaturated/α-hetero) is 1. The summed E-state index contributed by atoms with van der Waals surface area (Å²) in [4.78, 5) is 27.5. The maximum atomic E-state index is 12.5. The molecule has 25 heavy (non-hydrogen) atoms. The van der Waals surface area contributed by atoms with Gasteiger partial charge in [-0.3, -0.25) is 9.59 Å². The molecule has 0 fully saturated rings. The molecule has 0 radical (unpaired) electrons. The highest BCUT2D eigenvalue weighted by atomic mass is 35.5. The molecule has 3 rings (SSSR count). The predicted molar refractivity (Wildman–Crippen MR) is 93.9 cm³/mol. The van der Waals surface area contributed by atoms with Crippen LogP contribution in [-0.2, 0) is 0 Å². The van der Waals surface area contributed by atoms with E-state index in [9.17, 15) is 15.1 Å². The number of carbonyl (C=O) groups is 1. The zero-order valence-electron chi connectivity index (χ0n) is 12.8. The summed E-state index contributed by atoms with van der Waals surface area (Å²) in [6.45, 7) is 0. The minimum Gasteiger partial charge on any atom is -0.448 e. The van der Waals surface area contributed by atoms with Crippen molar-refractivity contribution in [3.63, 3.8) is 0 Å². The van der Waals surface area contributed by atoms with Crippen LogP contribution in [0.15, 0.2) is 75.9 Å². The molecule has 5 nitrogen and oxygen atoms in total. The quantitative estimate of drug-likeness (QED) is 0.310. The van der Waals surface area contributed by atoms with E-state index in [1.807, 2.05) is 0 Å². The Morgan fingerprint density at radius 3 is 2.32 bits per heavy atom. The van der Waals surface area contributed by atoms with Gasteiger partial charge in [-0.2, -0.15) is 4.79 Å². The second kappa shape index (κ2) is 7.09. The number of halogens is 1. The number of hydrogen-bond acceptors (Lipinski definition) is 3. The average molecular weight is 351 g/mol. The van der Waals surface area contributed by atoms with Crippen LogP contribution in [-0.4, -0.2) is 16.3 Å². The number of rotatable bonds is 4. The van der Waals surface area contributed by atoms with Gasteiger partial charge >= 0.3 is 5.71 Å². The van der Waals surface area contributed by atoms with Crippen molar-refractivity contribution < 1.29 is 14.0 Å². The maximum absolute atomic E-state index is 12.5. The highest BCUT2D eigenvalue weighted by molar-refractivity contribution is 6.48. The van der Waals surface area contributed by atoms with Crippen LogP contribution in [0, 0.1) is 0 Å². The SMILES string of the molecule is [N-]=[N+]=C(C(=O)c1ccccc1)c1cc(=O)cc(-c2ccc(Cl)cc2)o1. The van der Waals surface area contributed by atoms with Gasteiger partial charge in [0.1, 0.15) is 5.76 Å². The van der Waals surface area contributed by atoms with Crippen LogP contribution < -0.4 is 5.43 Å². The Labute approximate surface area is 147 Å². The van der Waals surface area contributed by atoms with E-state index in [1.54, 1.807) is 54.6 Å². The minimum absolute atomic E-state index is 0.117. The molecule has 0 spiro atoms. The van der Waals surface area contributed by atoms with Gasteiger partial charge in [0.15, 0.2) is 5.43 Å². The van der Waals surface area contributed by atoms with Gasteiger partial charge in [0.2, 0.25) is 5.76 Å². The zero-order valence-corrected chi connectivity index (χ0v) is 13.6. The molecule has 0 saturated heterocycles. The molecular formula is C19H11ClN2O3. The lowest BCUT2D eigenvalue weighted by atomic mass is 10.0. The predicted octanol–water partition coefficient (Wildman–Crippen LogP) is 3.86. The zero-order chi connectivity index (χ0) is 17.8. The molecule has 122 valence electrons. The van der Waals surface area contributed by atoms with Crippen LogP contribution in [0.25, 0.3) is 16.9 Å². The van der Waals surface area contributed by atoms with Gasteiger partial charge in [0.05, 0.1) is 0 Å². The first-order valence-electron chi connectivity index (χ1n) is 7.32. The molecule has 0 saturated carbocycles. The van der Waals surface area contributed by atoms with Crippen LogP contribution in [0.2, 0.25) is 5.02 Å². The summed E-state index contributed by atoms with van der Waals surface area (Å²) in [5, 5.41) is 0.541. The van der Waals surface area contributed by atoms with Crippen molar-refractivity contribution in [2.24, 2.45) is 0 Å². The normalized spacial score (nSPS) is 10.1. The van der Waals surface area contributed by atoms with Crippen LogP contribution in [0.4, 0.5) is 0 Å². The highest BCUT2D eigenvalue weighted by Gasteiger charge is 2.27. The Balaban J connectivity index is 2.07. The average Bonchev–Trinajstić information content (AvgIpc) is 2.63. The lowest BCUT2D eigenvalue weighted by Crippen LogP contribution is -2.19. The molecular weight excluding hydrogens is 340 g/mol. The molecule has 0 bridgehead atoms. The van der Waals surface area contributed by atoms with Crippen molar-refractivity contribution in [2.75, 3.05) is 0 Å². The standard InChI is InChI=1S/C19H11ClN2O3/c20-14-8-6-12(7-9-14)16-10-15(23)11-17(25-16)18(22-21)19(24)13-4-2-1-3-5-13/h1-11H. The van der Waals surface area contributed by atoms with Crippen LogP contribution in [0.3, 0.4) is 0 Å². The third-order valence-electron chi connectivity index (χ3n) is 3.48. The Bertz CT molecular complexity index is 1030. The number of carbonyl (C=O) groups excluding carboxylic acids is 1. The fraction of sp³-hybridized carbons (Fsp3) is 0. The second-order valence-corrected chi connectivity index (χ2v) is 5.61. The second-order valence-electron chi connectivity index (χ2n) is 5.17. The molecule has 0 unspecified atom stereocenters. The van der Waals surface area contributed by atoms with E-state index in [1.165, 1.54) is 6.07 Å². The van der Waals surface area contributed by atoms with Crippen LogP contribution in [0.5, 0.6) is 0 Å². The van der Waals surface area contributed by atoms with Gasteiger partial charge in [0, 0.05) is 28.3 Å². The number of ketones is 1. The summed E-state index contributed by atoms with van der Waals surface area (Å²) in [5.41, 5.74) is 9.48. The van der Waals surface area contributed by atoms with Crippen molar-refractivity contribution >= 4 is 23.1 Å². The topological polar surface area (TPSA) is 83.7 Å². The van der Waals surface area contributed by atoms with Gasteiger partial charge < -0.3 is 9.95 Å². The number of hydrogen-bond donors (Lipinski definition) is 0. The molecule has 1 aromatic heterocycles. The van der Waals surface area contributed by atoms with Crippen LogP contribution in [0.1, 0.15) is 16.1 Å². The van der Waals surface area contributed by atoms with Crippen molar-refractivity contribution in [1.29, 1.82) is 0 Å². The van der Waals surface area contributed by atoms with E-state index >= 15 is 0 Å². The van der Waals surface area contributed by atoms with Gasteiger partial charge in [-0.1, -0.05) is 41.9 Å². The van der Waals surface area contributed by atoms with E-state index in [-0.39, 0.29) is 22.7 Å². The van der Waals surface area contributed by atoms with Gasteiger partial charge in [-0.05, 0) is 24.3 Å². The molecule has 0 aliphatic carbocycles. The molecule has 0 N–H and O–H groups in total. The fourth-order valence-electron chi connectivity index (χ4n) is 2.28. The number of nitrogens with zero attached hydrogens (tertiary/aromatic N) is 2. The largest absolute Gasteiger partial charge is 0.448 e. The maximum Gasteiger partial charge on any atom is 0.404 e. The Morgan fingerprint density at radius 1 is 1.00 bits per heavy atom. The fourth-order valence-corrected chi connectivity index (χ4v) is 2.41. The smallest absolute Gasteiger partial charge is 0.404 e. The van der Waals surface area contributed by atoms with E-state index in [2.05, 4.69) is 4.79 Å². The first-order valence-corrected chi connectivity index (χ1v) is 7.69. The molecule has 0 aliphatic rings. The molecule has 2 aromatic carbocycles. The third-order valence-corrected chi connectivity index (χ3v) is 3.73. The summed E-state index contributed by atoms with van der Waals surface area (Å²) in [7, 11) is 0. The monoisotopic (exact) mass is 350 g/mol. The Hall–Kier alpha value is -3.27. The lowest BCUT2D eigenvalue weighted by molar-refractivity contribution is -0.00669. The molecule has 1 heterocycles. The summed E-state index contributed by atoms with van der Waals surface area (Å²) in [6, 6.07) is 17.3. The van der Waals surface area contributed by atoms with Crippen molar-refractivity contribution in [3.8, 4) is 11.3 Å². The Kier molecular flexibility index (Phi) is 4.70. The van der Waals surface area contributed by atoms with Crippen molar-refractivity contribution in [1.82, 2.24) is 0 Å². The van der Waals surface area contributed by atoms with E-state index in [4.69, 9.17) is 16.0 Å². The van der Waals surface area contributed by atoms with Crippen LogP contribution >= 0.6 is 11.6 Å². The lowest BCUT2D eigenvalue weighted by Gasteiger charge is -2.03. The first-order chi connectivity index (χ1) is 12.1. The van der Waals surface area contributed by atoms with Gasteiger partial charge in [-0.25, -0.2) is 0 Å². The highest BCUT2D eigenvalue weighted by Crippen LogP contribution is 2.21. The first kappa shape index (κ1) is 16.6. The molecule has 3 aromatic rings. The van der Waals surface area contributed by atoms with Crippen molar-refractivity contribution in [3.05, 3.63) is 98.8 Å². The van der Waals surface area contributed by atoms with Gasteiger partial charge in [0.25, 0.3) is 5.78 Å². The third kappa shape index (κ3) is 3.63. The van der Waals surface area contributed by atoms with Gasteiger partial charge in [-0.15, -0.1) is 0 Å². The summed E-state index contributed by atoms with van der Waals surface area (Å²) in [6.07, 6.45) is 0. The van der Waals surface area contributed by atoms with Crippen molar-refractivity contribution in [2.45, 2.75) is 0 Å². The van der Waals surface area contributed by atoms with E-state index in [0.29, 0.717) is 16.1 Å². The summed E-state index contributed by atoms with van der Waals surface area (Å²) in [5.74, 6) is -0.436. The summed E-state index contributed by atoms with van der Waals surface area (Å²) < 4.78 is 5.63. The molecule has 6 heteroatoms. The molecule has 0 aliphatic heterocycles.